The fraction of sp³-hybridized carbons (Fsp3) is 0.629. The lowest BCUT2D eigenvalue weighted by molar-refractivity contribution is -0.142. The molecule has 3 atom stereocenters. The Morgan fingerprint density at radius 1 is 0.929 bits per heavy atom. The highest BCUT2D eigenvalue weighted by Crippen LogP contribution is 2.39. The summed E-state index contributed by atoms with van der Waals surface area (Å²) in [5.74, 6) is 1.07. The highest BCUT2D eigenvalue weighted by atomic mass is 16.2. The van der Waals surface area contributed by atoms with Crippen LogP contribution in [0.3, 0.4) is 0 Å². The van der Waals surface area contributed by atoms with Crippen molar-refractivity contribution >= 4 is 23.4 Å². The summed E-state index contributed by atoms with van der Waals surface area (Å²) in [4.78, 5) is 44.7. The maximum Gasteiger partial charge on any atom is 0.229 e. The number of carbonyl (C=O) groups is 3. The number of allylic oxidation sites excluding steroid dienone is 3. The molecule has 1 aromatic carbocycles. The van der Waals surface area contributed by atoms with Crippen molar-refractivity contribution in [2.75, 3.05) is 38.0 Å². The number of rotatable bonds is 6. The number of nitrogens with one attached hydrogen (secondary N) is 1. The predicted molar refractivity (Wildman–Crippen MR) is 170 cm³/mol. The van der Waals surface area contributed by atoms with Gasteiger partial charge in [-0.1, -0.05) is 78.0 Å². The van der Waals surface area contributed by atoms with E-state index in [9.17, 15) is 14.4 Å². The van der Waals surface area contributed by atoms with E-state index in [1.807, 2.05) is 37.8 Å². The average Bonchev–Trinajstić information content (AvgIpc) is 2.94. The third-order valence-electron chi connectivity index (χ3n) is 9.26. The number of carbonyl (C=O) groups excluding carboxylic acids is 3. The zero-order valence-corrected chi connectivity index (χ0v) is 26.9. The van der Waals surface area contributed by atoms with Gasteiger partial charge in [0.2, 0.25) is 17.7 Å². The Balaban J connectivity index is 1.51. The Morgan fingerprint density at radius 2 is 1.60 bits per heavy atom. The molecule has 2 aliphatic heterocycles. The maximum atomic E-state index is 13.8. The van der Waals surface area contributed by atoms with Crippen LogP contribution in [0, 0.1) is 22.7 Å². The third kappa shape index (κ3) is 7.91. The first-order valence-electron chi connectivity index (χ1n) is 15.8. The summed E-state index contributed by atoms with van der Waals surface area (Å²) in [5.41, 5.74) is 1.53. The van der Waals surface area contributed by atoms with E-state index in [1.54, 1.807) is 6.92 Å². The molecule has 1 aliphatic carbocycles. The van der Waals surface area contributed by atoms with Crippen molar-refractivity contribution in [3.05, 3.63) is 54.1 Å². The molecule has 2 heterocycles. The van der Waals surface area contributed by atoms with E-state index in [4.69, 9.17) is 0 Å². The first-order valence-corrected chi connectivity index (χ1v) is 15.8. The van der Waals surface area contributed by atoms with Gasteiger partial charge >= 0.3 is 0 Å². The second-order valence-electron chi connectivity index (χ2n) is 14.6. The SMILES string of the molecule is CC(=O)N1CCC(CC(=O)N2CCN(C(c3ccc(NC(=O)C(C)(C)C)cc3)C3C=CC=CC3)C[C@@H]2C(C)(C)C)CC1. The van der Waals surface area contributed by atoms with Crippen LogP contribution >= 0.6 is 0 Å². The quantitative estimate of drug-likeness (QED) is 0.447. The first kappa shape index (κ1) is 32.0. The highest BCUT2D eigenvalue weighted by Gasteiger charge is 2.41. The standard InChI is InChI=1S/C35H52N4O3/c1-25(40)37-19-17-26(18-20-37)23-31(41)39-22-21-38(24-30(39)34(2,3)4)32(27-11-9-8-10-12-27)28-13-15-29(16-14-28)36-33(42)35(5,6)7/h8-11,13-16,26-27,30,32H,12,17-24H2,1-7H3,(H,36,42)/t27?,30-,32?/m1/s1. The maximum absolute atomic E-state index is 13.8. The average molecular weight is 577 g/mol. The van der Waals surface area contributed by atoms with E-state index in [0.717, 1.165) is 57.7 Å². The molecule has 1 aromatic rings. The molecule has 2 fully saturated rings. The minimum atomic E-state index is -0.453. The summed E-state index contributed by atoms with van der Waals surface area (Å²) >= 11 is 0. The van der Waals surface area contributed by atoms with Crippen LogP contribution in [0.5, 0.6) is 0 Å². The molecule has 0 radical (unpaired) electrons. The number of amides is 3. The number of piperidine rings is 1. The van der Waals surface area contributed by atoms with Crippen LogP contribution in [0.25, 0.3) is 0 Å². The molecule has 3 amide bonds. The van der Waals surface area contributed by atoms with Crippen molar-refractivity contribution in [2.24, 2.45) is 22.7 Å². The summed E-state index contributed by atoms with van der Waals surface area (Å²) in [6.45, 7) is 18.0. The van der Waals surface area contributed by atoms with Crippen LogP contribution in [-0.4, -0.2) is 71.2 Å². The van der Waals surface area contributed by atoms with Crippen molar-refractivity contribution in [3.8, 4) is 0 Å². The van der Waals surface area contributed by atoms with Crippen LogP contribution in [0.15, 0.2) is 48.6 Å². The smallest absolute Gasteiger partial charge is 0.229 e. The Labute approximate surface area is 253 Å². The lowest BCUT2D eigenvalue weighted by Gasteiger charge is -2.50. The van der Waals surface area contributed by atoms with Crippen LogP contribution in [-0.2, 0) is 14.4 Å². The summed E-state index contributed by atoms with van der Waals surface area (Å²) in [6, 6.07) is 8.64. The van der Waals surface area contributed by atoms with Crippen LogP contribution < -0.4 is 5.32 Å². The molecule has 2 unspecified atom stereocenters. The summed E-state index contributed by atoms with van der Waals surface area (Å²) in [7, 11) is 0. The van der Waals surface area contributed by atoms with E-state index in [2.05, 4.69) is 72.3 Å². The second kappa shape index (κ2) is 13.2. The molecule has 0 spiro atoms. The van der Waals surface area contributed by atoms with Gasteiger partial charge in [-0.25, -0.2) is 0 Å². The molecule has 0 bridgehead atoms. The first-order chi connectivity index (χ1) is 19.7. The number of nitrogens with zero attached hydrogens (tertiary/aromatic N) is 3. The Morgan fingerprint density at radius 3 is 2.14 bits per heavy atom. The van der Waals surface area contributed by atoms with Gasteiger partial charge in [0.25, 0.3) is 0 Å². The Bertz CT molecular complexity index is 1170. The summed E-state index contributed by atoms with van der Waals surface area (Å²) in [5, 5.41) is 3.05. The van der Waals surface area contributed by atoms with Gasteiger partial charge in [0.05, 0.1) is 0 Å². The van der Waals surface area contributed by atoms with E-state index >= 15 is 0 Å². The van der Waals surface area contributed by atoms with E-state index in [1.165, 1.54) is 5.56 Å². The van der Waals surface area contributed by atoms with Gasteiger partial charge in [0.1, 0.15) is 0 Å². The Hall–Kier alpha value is -2.93. The van der Waals surface area contributed by atoms with Crippen molar-refractivity contribution in [1.82, 2.24) is 14.7 Å². The van der Waals surface area contributed by atoms with Crippen LogP contribution in [0.1, 0.15) is 85.8 Å². The van der Waals surface area contributed by atoms with Gasteiger partial charge in [0, 0.05) is 75.2 Å². The molecule has 0 aromatic heterocycles. The molecular formula is C35H52N4O3. The zero-order valence-electron chi connectivity index (χ0n) is 26.9. The minimum Gasteiger partial charge on any atom is -0.343 e. The van der Waals surface area contributed by atoms with Gasteiger partial charge in [-0.2, -0.15) is 0 Å². The zero-order chi connectivity index (χ0) is 30.7. The molecule has 1 N–H and O–H groups in total. The van der Waals surface area contributed by atoms with Crippen LogP contribution in [0.4, 0.5) is 5.69 Å². The molecule has 7 heteroatoms. The number of benzene rings is 1. The fourth-order valence-electron chi connectivity index (χ4n) is 6.56. The van der Waals surface area contributed by atoms with Gasteiger partial charge in [-0.15, -0.1) is 0 Å². The van der Waals surface area contributed by atoms with Crippen LogP contribution in [0.2, 0.25) is 0 Å². The topological polar surface area (TPSA) is 73.0 Å². The van der Waals surface area contributed by atoms with E-state index < -0.39 is 5.41 Å². The molecule has 42 heavy (non-hydrogen) atoms. The number of hydrogen-bond acceptors (Lipinski definition) is 4. The van der Waals surface area contributed by atoms with E-state index in [0.29, 0.717) is 18.3 Å². The van der Waals surface area contributed by atoms with Gasteiger partial charge in [-0.3, -0.25) is 19.3 Å². The normalized spacial score (nSPS) is 23.1. The predicted octanol–water partition coefficient (Wildman–Crippen LogP) is 6.05. The van der Waals surface area contributed by atoms with Crippen molar-refractivity contribution < 1.29 is 14.4 Å². The molecule has 4 rings (SSSR count). The number of hydrogen-bond donors (Lipinski definition) is 1. The van der Waals surface area contributed by atoms with Gasteiger partial charge in [0.15, 0.2) is 0 Å². The van der Waals surface area contributed by atoms with Gasteiger partial charge < -0.3 is 15.1 Å². The number of piperazine rings is 1. The molecule has 7 nitrogen and oxygen atoms in total. The van der Waals surface area contributed by atoms with Crippen molar-refractivity contribution in [3.63, 3.8) is 0 Å². The third-order valence-corrected chi connectivity index (χ3v) is 9.26. The number of likely N-dealkylation sites (tertiary alicyclic amines) is 1. The second-order valence-corrected chi connectivity index (χ2v) is 14.6. The monoisotopic (exact) mass is 576 g/mol. The van der Waals surface area contributed by atoms with Gasteiger partial charge in [-0.05, 0) is 48.3 Å². The molecule has 3 aliphatic rings. The lowest BCUT2D eigenvalue weighted by atomic mass is 9.81. The lowest BCUT2D eigenvalue weighted by Crippen LogP contribution is -2.60. The number of anilines is 1. The highest BCUT2D eigenvalue weighted by molar-refractivity contribution is 5.94. The molecule has 230 valence electrons. The molecular weight excluding hydrogens is 524 g/mol. The minimum absolute atomic E-state index is 0.00497. The van der Waals surface area contributed by atoms with Crippen molar-refractivity contribution in [1.29, 1.82) is 0 Å². The summed E-state index contributed by atoms with van der Waals surface area (Å²) < 4.78 is 0. The molecule has 0 saturated carbocycles. The summed E-state index contributed by atoms with van der Waals surface area (Å²) in [6.07, 6.45) is 12.2. The Kier molecular flexibility index (Phi) is 10.0. The fourth-order valence-corrected chi connectivity index (χ4v) is 6.56. The van der Waals surface area contributed by atoms with E-state index in [-0.39, 0.29) is 35.2 Å². The van der Waals surface area contributed by atoms with Crippen molar-refractivity contribution in [2.45, 2.75) is 86.2 Å². The largest absolute Gasteiger partial charge is 0.343 e. The molecule has 2 saturated heterocycles.